The summed E-state index contributed by atoms with van der Waals surface area (Å²) in [6.07, 6.45) is 13.0. The topological polar surface area (TPSA) is 55.2 Å². The average molecular weight is 423 g/mol. The maximum absolute atomic E-state index is 13.6. The third-order valence-electron chi connectivity index (χ3n) is 5.25. The molecule has 31 heavy (non-hydrogen) atoms. The van der Waals surface area contributed by atoms with E-state index in [4.69, 9.17) is 4.74 Å². The van der Waals surface area contributed by atoms with Crippen LogP contribution in [0.15, 0.2) is 48.7 Å². The van der Waals surface area contributed by atoms with E-state index in [2.05, 4.69) is 36.0 Å². The van der Waals surface area contributed by atoms with Gasteiger partial charge in [-0.1, -0.05) is 38.0 Å². The van der Waals surface area contributed by atoms with E-state index < -0.39 is 5.82 Å². The van der Waals surface area contributed by atoms with Crippen LogP contribution in [0.3, 0.4) is 0 Å². The number of aromatic hydroxyl groups is 1. The number of unbranched alkanes of at least 4 members (excludes halogenated alkanes) is 3. The molecule has 1 unspecified atom stereocenters. The van der Waals surface area contributed by atoms with E-state index in [-0.39, 0.29) is 5.75 Å². The van der Waals surface area contributed by atoms with Crippen molar-refractivity contribution < 1.29 is 14.2 Å². The molecule has 0 bridgehead atoms. The minimum absolute atomic E-state index is 0.317. The number of halogens is 1. The van der Waals surface area contributed by atoms with Crippen LogP contribution >= 0.6 is 0 Å². The van der Waals surface area contributed by atoms with Gasteiger partial charge in [-0.3, -0.25) is 4.98 Å². The largest absolute Gasteiger partial charge is 0.505 e. The van der Waals surface area contributed by atoms with Gasteiger partial charge in [0.2, 0.25) is 0 Å². The standard InChI is InChI=1S/C26H31FN2O2/c1-3-4-8-15-31-19(2)9-6-5-7-10-20-11-13-23-24(16-20)28-18-25(29-23)21-12-14-26(30)22(27)17-21/h7,10-14,16-19,30H,3-6,8-9,15H2,1-2H3. The predicted octanol–water partition coefficient (Wildman–Crippen LogP) is 6.92. The van der Waals surface area contributed by atoms with Crippen LogP contribution in [0.1, 0.15) is 57.9 Å². The monoisotopic (exact) mass is 422 g/mol. The van der Waals surface area contributed by atoms with E-state index >= 15 is 0 Å². The van der Waals surface area contributed by atoms with Crippen molar-refractivity contribution in [3.05, 3.63) is 60.1 Å². The van der Waals surface area contributed by atoms with Gasteiger partial charge in [-0.05, 0) is 68.5 Å². The Morgan fingerprint density at radius 1 is 1.10 bits per heavy atom. The molecule has 4 nitrogen and oxygen atoms in total. The maximum Gasteiger partial charge on any atom is 0.165 e. The minimum atomic E-state index is -0.669. The molecule has 0 aliphatic rings. The number of nitrogens with zero attached hydrogens (tertiary/aromatic N) is 2. The lowest BCUT2D eigenvalue weighted by molar-refractivity contribution is 0.0566. The summed E-state index contributed by atoms with van der Waals surface area (Å²) >= 11 is 0. The summed E-state index contributed by atoms with van der Waals surface area (Å²) in [6, 6.07) is 10.1. The van der Waals surface area contributed by atoms with Crippen molar-refractivity contribution in [3.63, 3.8) is 0 Å². The number of allylic oxidation sites excluding steroid dienone is 1. The SMILES string of the molecule is CCCCCOC(C)CCCC=Cc1ccc2nc(-c3ccc(O)c(F)c3)cnc2c1. The molecule has 1 aromatic heterocycles. The summed E-state index contributed by atoms with van der Waals surface area (Å²) in [5, 5.41) is 9.35. The molecule has 5 heteroatoms. The molecule has 1 N–H and O–H groups in total. The third-order valence-corrected chi connectivity index (χ3v) is 5.25. The van der Waals surface area contributed by atoms with E-state index in [1.165, 1.54) is 25.0 Å². The van der Waals surface area contributed by atoms with E-state index in [9.17, 15) is 9.50 Å². The quantitative estimate of drug-likeness (QED) is 0.341. The van der Waals surface area contributed by atoms with Gasteiger partial charge in [0.15, 0.2) is 11.6 Å². The van der Waals surface area contributed by atoms with Gasteiger partial charge in [0.1, 0.15) is 0 Å². The van der Waals surface area contributed by atoms with Crippen LogP contribution in [-0.2, 0) is 4.74 Å². The van der Waals surface area contributed by atoms with Gasteiger partial charge < -0.3 is 9.84 Å². The van der Waals surface area contributed by atoms with Gasteiger partial charge in [-0.2, -0.15) is 0 Å². The first-order valence-corrected chi connectivity index (χ1v) is 11.1. The Hall–Kier alpha value is -2.79. The van der Waals surface area contributed by atoms with E-state index in [0.29, 0.717) is 17.4 Å². The average Bonchev–Trinajstić information content (AvgIpc) is 2.78. The lowest BCUT2D eigenvalue weighted by atomic mass is 10.1. The molecule has 3 rings (SSSR count). The summed E-state index contributed by atoms with van der Waals surface area (Å²) < 4.78 is 19.5. The molecular formula is C26H31FN2O2. The zero-order valence-corrected chi connectivity index (χ0v) is 18.4. The fraction of sp³-hybridized carbons (Fsp3) is 0.385. The number of ether oxygens (including phenoxy) is 1. The molecule has 1 heterocycles. The van der Waals surface area contributed by atoms with Crippen molar-refractivity contribution in [1.82, 2.24) is 9.97 Å². The number of phenolic OH excluding ortho intramolecular Hbond substituents is 1. The second kappa shape index (κ2) is 11.6. The van der Waals surface area contributed by atoms with Crippen LogP contribution in [0.25, 0.3) is 28.4 Å². The molecular weight excluding hydrogens is 391 g/mol. The van der Waals surface area contributed by atoms with Gasteiger partial charge in [0.25, 0.3) is 0 Å². The summed E-state index contributed by atoms with van der Waals surface area (Å²) in [7, 11) is 0. The predicted molar refractivity (Wildman–Crippen MR) is 124 cm³/mol. The van der Waals surface area contributed by atoms with Crippen LogP contribution in [0.4, 0.5) is 4.39 Å². The number of fused-ring (bicyclic) bond motifs is 1. The highest BCUT2D eigenvalue weighted by molar-refractivity contribution is 5.79. The number of phenols is 1. The van der Waals surface area contributed by atoms with Crippen molar-refractivity contribution in [2.75, 3.05) is 6.61 Å². The van der Waals surface area contributed by atoms with Crippen molar-refractivity contribution in [3.8, 4) is 17.0 Å². The van der Waals surface area contributed by atoms with Gasteiger partial charge in [-0.15, -0.1) is 0 Å². The first-order chi connectivity index (χ1) is 15.1. The molecule has 0 aliphatic heterocycles. The lowest BCUT2D eigenvalue weighted by Gasteiger charge is -2.12. The fourth-order valence-corrected chi connectivity index (χ4v) is 3.40. The van der Waals surface area contributed by atoms with Crippen LogP contribution in [-0.4, -0.2) is 27.8 Å². The fourth-order valence-electron chi connectivity index (χ4n) is 3.40. The van der Waals surface area contributed by atoms with Crippen LogP contribution in [0.2, 0.25) is 0 Å². The maximum atomic E-state index is 13.6. The smallest absolute Gasteiger partial charge is 0.165 e. The van der Waals surface area contributed by atoms with Gasteiger partial charge in [0.05, 0.1) is 29.0 Å². The van der Waals surface area contributed by atoms with Gasteiger partial charge in [-0.25, -0.2) is 9.37 Å². The zero-order chi connectivity index (χ0) is 22.1. The molecule has 0 spiro atoms. The number of benzene rings is 2. The second-order valence-electron chi connectivity index (χ2n) is 7.89. The van der Waals surface area contributed by atoms with E-state index in [0.717, 1.165) is 48.9 Å². The Kier molecular flexibility index (Phi) is 8.53. The number of hydrogen-bond acceptors (Lipinski definition) is 4. The lowest BCUT2D eigenvalue weighted by Crippen LogP contribution is -2.08. The highest BCUT2D eigenvalue weighted by Crippen LogP contribution is 2.24. The molecule has 0 amide bonds. The van der Waals surface area contributed by atoms with Crippen LogP contribution in [0.5, 0.6) is 5.75 Å². The Morgan fingerprint density at radius 3 is 2.77 bits per heavy atom. The molecule has 2 aromatic carbocycles. The summed E-state index contributed by atoms with van der Waals surface area (Å²) in [5.41, 5.74) is 3.77. The van der Waals surface area contributed by atoms with Crippen LogP contribution < -0.4 is 0 Å². The second-order valence-corrected chi connectivity index (χ2v) is 7.89. The normalized spacial score (nSPS) is 12.6. The molecule has 0 fully saturated rings. The zero-order valence-electron chi connectivity index (χ0n) is 18.4. The molecule has 0 saturated heterocycles. The van der Waals surface area contributed by atoms with E-state index in [1.807, 2.05) is 18.2 Å². The van der Waals surface area contributed by atoms with Crippen molar-refractivity contribution in [1.29, 1.82) is 0 Å². The van der Waals surface area contributed by atoms with Crippen molar-refractivity contribution in [2.45, 2.75) is 58.5 Å². The summed E-state index contributed by atoms with van der Waals surface area (Å²) in [5.74, 6) is -1.04. The number of rotatable bonds is 11. The van der Waals surface area contributed by atoms with Crippen molar-refractivity contribution >= 4 is 17.1 Å². The Morgan fingerprint density at radius 2 is 1.97 bits per heavy atom. The minimum Gasteiger partial charge on any atom is -0.505 e. The molecule has 0 radical (unpaired) electrons. The highest BCUT2D eigenvalue weighted by atomic mass is 19.1. The molecule has 164 valence electrons. The highest BCUT2D eigenvalue weighted by Gasteiger charge is 2.07. The van der Waals surface area contributed by atoms with Gasteiger partial charge >= 0.3 is 0 Å². The van der Waals surface area contributed by atoms with Crippen LogP contribution in [0, 0.1) is 5.82 Å². The van der Waals surface area contributed by atoms with Gasteiger partial charge in [0, 0.05) is 12.2 Å². The Labute approximate surface area is 183 Å². The number of hydrogen-bond donors (Lipinski definition) is 1. The number of aromatic nitrogens is 2. The first-order valence-electron chi connectivity index (χ1n) is 11.1. The molecule has 0 saturated carbocycles. The molecule has 1 atom stereocenters. The third kappa shape index (κ3) is 6.86. The first kappa shape index (κ1) is 22.9. The summed E-state index contributed by atoms with van der Waals surface area (Å²) in [6.45, 7) is 5.22. The van der Waals surface area contributed by atoms with E-state index in [1.54, 1.807) is 12.3 Å². The van der Waals surface area contributed by atoms with Crippen molar-refractivity contribution in [2.24, 2.45) is 0 Å². The summed E-state index contributed by atoms with van der Waals surface area (Å²) in [4.78, 5) is 9.06. The molecule has 3 aromatic rings. The molecule has 0 aliphatic carbocycles. The Bertz CT molecular complexity index is 1020. The Balaban J connectivity index is 1.53.